The predicted octanol–water partition coefficient (Wildman–Crippen LogP) is 5.40. The fourth-order valence-corrected chi connectivity index (χ4v) is 3.11. The van der Waals surface area contributed by atoms with E-state index in [0.29, 0.717) is 11.8 Å². The third-order valence-corrected chi connectivity index (χ3v) is 4.21. The average Bonchev–Trinajstić information content (AvgIpc) is 2.44. The molecule has 2 atom stereocenters. The van der Waals surface area contributed by atoms with E-state index in [9.17, 15) is 0 Å². The van der Waals surface area contributed by atoms with Crippen LogP contribution in [0.25, 0.3) is 10.8 Å². The van der Waals surface area contributed by atoms with Crippen LogP contribution >= 0.6 is 0 Å². The maximum atomic E-state index is 2.41. The largest absolute Gasteiger partial charge is 0.0804 e. The van der Waals surface area contributed by atoms with E-state index in [0.717, 1.165) is 0 Å². The lowest BCUT2D eigenvalue weighted by Gasteiger charge is -2.26. The Morgan fingerprint density at radius 1 is 0.778 bits per heavy atom. The van der Waals surface area contributed by atoms with E-state index in [-0.39, 0.29) is 0 Å². The molecule has 0 N–H and O–H groups in total. The Hall–Kier alpha value is -1.56. The zero-order valence-corrected chi connectivity index (χ0v) is 11.2. The van der Waals surface area contributed by atoms with Gasteiger partial charge in [-0.25, -0.2) is 0 Å². The quantitative estimate of drug-likeness (QED) is 0.613. The Morgan fingerprint density at radius 3 is 1.61 bits per heavy atom. The molecular formula is C18H20. The normalized spacial score (nSPS) is 22.1. The molecule has 0 aromatic heterocycles. The number of benzene rings is 2. The van der Waals surface area contributed by atoms with Crippen molar-refractivity contribution < 1.29 is 0 Å². The van der Waals surface area contributed by atoms with Gasteiger partial charge in [0.15, 0.2) is 0 Å². The zero-order chi connectivity index (χ0) is 12.5. The van der Waals surface area contributed by atoms with Crippen LogP contribution < -0.4 is 0 Å². The average molecular weight is 236 g/mol. The highest BCUT2D eigenvalue weighted by Gasteiger charge is 2.21. The summed E-state index contributed by atoms with van der Waals surface area (Å²) in [6.07, 6.45) is 7.20. The molecule has 0 radical (unpaired) electrons. The van der Waals surface area contributed by atoms with Crippen molar-refractivity contribution in [2.24, 2.45) is 0 Å². The summed E-state index contributed by atoms with van der Waals surface area (Å²) in [4.78, 5) is 0. The molecule has 0 heteroatoms. The molecule has 0 saturated heterocycles. The molecule has 2 aromatic carbocycles. The Balaban J connectivity index is 2.23. The maximum absolute atomic E-state index is 2.41. The highest BCUT2D eigenvalue weighted by Crippen LogP contribution is 2.39. The molecular weight excluding hydrogens is 216 g/mol. The third kappa shape index (κ3) is 1.77. The Bertz CT molecular complexity index is 540. The van der Waals surface area contributed by atoms with Gasteiger partial charge in [0.1, 0.15) is 0 Å². The molecule has 92 valence electrons. The van der Waals surface area contributed by atoms with E-state index in [1.807, 2.05) is 0 Å². The number of hydrogen-bond acceptors (Lipinski definition) is 0. The summed E-state index contributed by atoms with van der Waals surface area (Å²) in [5.41, 5.74) is 3.09. The van der Waals surface area contributed by atoms with Crippen LogP contribution in [-0.2, 0) is 0 Å². The molecule has 0 nitrogen and oxygen atoms in total. The highest BCUT2D eigenvalue weighted by molar-refractivity contribution is 5.84. The van der Waals surface area contributed by atoms with Gasteiger partial charge in [0.25, 0.3) is 0 Å². The summed E-state index contributed by atoms with van der Waals surface area (Å²) in [5, 5.41) is 2.75. The van der Waals surface area contributed by atoms with Crippen LogP contribution in [0.1, 0.15) is 49.7 Å². The minimum atomic E-state index is 0.604. The minimum Gasteiger partial charge on any atom is -0.0804 e. The van der Waals surface area contributed by atoms with E-state index < -0.39 is 0 Å². The van der Waals surface area contributed by atoms with Crippen molar-refractivity contribution in [3.8, 4) is 0 Å². The van der Waals surface area contributed by atoms with Gasteiger partial charge in [0.2, 0.25) is 0 Å². The van der Waals surface area contributed by atoms with Crippen LogP contribution in [0.3, 0.4) is 0 Å². The second-order valence-corrected chi connectivity index (χ2v) is 5.24. The summed E-state index contributed by atoms with van der Waals surface area (Å²) >= 11 is 0. The van der Waals surface area contributed by atoms with Gasteiger partial charge in [-0.3, -0.25) is 0 Å². The van der Waals surface area contributed by atoms with Crippen molar-refractivity contribution >= 4 is 10.8 Å². The first-order valence-corrected chi connectivity index (χ1v) is 7.04. The van der Waals surface area contributed by atoms with Crippen molar-refractivity contribution in [3.63, 3.8) is 0 Å². The molecule has 0 fully saturated rings. The van der Waals surface area contributed by atoms with Crippen molar-refractivity contribution in [1.29, 1.82) is 0 Å². The summed E-state index contributed by atoms with van der Waals surface area (Å²) in [6.45, 7) is 4.56. The fourth-order valence-electron chi connectivity index (χ4n) is 3.11. The molecule has 0 bridgehead atoms. The second kappa shape index (κ2) is 4.61. The van der Waals surface area contributed by atoms with Gasteiger partial charge in [-0.2, -0.15) is 0 Å². The maximum Gasteiger partial charge on any atom is 0.00187 e. The van der Waals surface area contributed by atoms with Crippen molar-refractivity contribution in [2.75, 3.05) is 0 Å². The summed E-state index contributed by atoms with van der Waals surface area (Å²) in [6, 6.07) is 13.5. The van der Waals surface area contributed by atoms with Gasteiger partial charge < -0.3 is 0 Å². The Labute approximate surface area is 109 Å². The Kier molecular flexibility index (Phi) is 2.95. The molecule has 0 aliphatic heterocycles. The number of fused-ring (bicyclic) bond motifs is 2. The first kappa shape index (κ1) is 11.5. The summed E-state index contributed by atoms with van der Waals surface area (Å²) in [7, 11) is 0. The van der Waals surface area contributed by atoms with Crippen molar-refractivity contribution in [1.82, 2.24) is 0 Å². The van der Waals surface area contributed by atoms with Gasteiger partial charge in [-0.05, 0) is 34.7 Å². The van der Waals surface area contributed by atoms with Crippen LogP contribution in [0.15, 0.2) is 48.6 Å². The first-order valence-electron chi connectivity index (χ1n) is 7.04. The summed E-state index contributed by atoms with van der Waals surface area (Å²) in [5.74, 6) is 1.21. The van der Waals surface area contributed by atoms with Crippen LogP contribution in [0.2, 0.25) is 0 Å². The number of allylic oxidation sites excluding steroid dienone is 2. The SMILES string of the molecule is CCC1C=CC(CC)c2cc3ccccc3cc21. The van der Waals surface area contributed by atoms with Crippen LogP contribution in [0.4, 0.5) is 0 Å². The van der Waals surface area contributed by atoms with E-state index in [2.05, 4.69) is 62.4 Å². The number of hydrogen-bond donors (Lipinski definition) is 0. The monoisotopic (exact) mass is 236 g/mol. The molecule has 2 aromatic rings. The minimum absolute atomic E-state index is 0.604. The van der Waals surface area contributed by atoms with Crippen molar-refractivity contribution in [3.05, 3.63) is 59.7 Å². The molecule has 2 unspecified atom stereocenters. The zero-order valence-electron chi connectivity index (χ0n) is 11.2. The van der Waals surface area contributed by atoms with Crippen LogP contribution in [0.5, 0.6) is 0 Å². The van der Waals surface area contributed by atoms with Crippen molar-refractivity contribution in [2.45, 2.75) is 38.5 Å². The lowest BCUT2D eigenvalue weighted by atomic mass is 9.78. The van der Waals surface area contributed by atoms with Gasteiger partial charge in [-0.1, -0.05) is 62.4 Å². The molecule has 1 aliphatic rings. The third-order valence-electron chi connectivity index (χ3n) is 4.21. The van der Waals surface area contributed by atoms with Crippen LogP contribution in [-0.4, -0.2) is 0 Å². The number of rotatable bonds is 2. The van der Waals surface area contributed by atoms with Gasteiger partial charge in [0.05, 0.1) is 0 Å². The molecule has 0 amide bonds. The molecule has 1 aliphatic carbocycles. The molecule has 0 saturated carbocycles. The second-order valence-electron chi connectivity index (χ2n) is 5.24. The molecule has 3 rings (SSSR count). The van der Waals surface area contributed by atoms with Crippen LogP contribution in [0, 0.1) is 0 Å². The van der Waals surface area contributed by atoms with Gasteiger partial charge >= 0.3 is 0 Å². The van der Waals surface area contributed by atoms with E-state index in [4.69, 9.17) is 0 Å². The first-order chi connectivity index (χ1) is 8.83. The summed E-state index contributed by atoms with van der Waals surface area (Å²) < 4.78 is 0. The van der Waals surface area contributed by atoms with E-state index in [1.54, 1.807) is 11.1 Å². The fraction of sp³-hybridized carbons (Fsp3) is 0.333. The highest BCUT2D eigenvalue weighted by atomic mass is 14.2. The lowest BCUT2D eigenvalue weighted by Crippen LogP contribution is -2.08. The van der Waals surface area contributed by atoms with E-state index >= 15 is 0 Å². The standard InChI is InChI=1S/C18H20/c1-3-13-9-10-14(4-2)18-12-16-8-6-5-7-15(16)11-17(13)18/h5-14H,3-4H2,1-2H3. The predicted molar refractivity (Wildman–Crippen MR) is 79.2 cm³/mol. The molecule has 0 spiro atoms. The molecule has 0 heterocycles. The van der Waals surface area contributed by atoms with Gasteiger partial charge in [0, 0.05) is 11.8 Å². The smallest absolute Gasteiger partial charge is 0.00187 e. The van der Waals surface area contributed by atoms with E-state index in [1.165, 1.54) is 23.6 Å². The lowest BCUT2D eigenvalue weighted by molar-refractivity contribution is 0.710. The van der Waals surface area contributed by atoms with Gasteiger partial charge in [-0.15, -0.1) is 0 Å². The molecule has 18 heavy (non-hydrogen) atoms. The topological polar surface area (TPSA) is 0 Å². The Morgan fingerprint density at radius 2 is 1.22 bits per heavy atom.